The molecular formula is C13H25NO2. The van der Waals surface area contributed by atoms with Crippen molar-refractivity contribution >= 4 is 0 Å². The van der Waals surface area contributed by atoms with Crippen molar-refractivity contribution in [2.75, 3.05) is 19.7 Å². The van der Waals surface area contributed by atoms with Crippen LogP contribution in [-0.4, -0.2) is 48.0 Å². The summed E-state index contributed by atoms with van der Waals surface area (Å²) < 4.78 is 5.80. The first-order valence-electron chi connectivity index (χ1n) is 6.54. The van der Waals surface area contributed by atoms with Gasteiger partial charge in [0.05, 0.1) is 18.8 Å². The number of hydrogen-bond acceptors (Lipinski definition) is 3. The smallest absolute Gasteiger partial charge is 0.0730 e. The molecule has 1 heterocycles. The molecule has 1 saturated carbocycles. The van der Waals surface area contributed by atoms with Crippen molar-refractivity contribution < 1.29 is 9.84 Å². The van der Waals surface area contributed by atoms with E-state index >= 15 is 0 Å². The first-order chi connectivity index (χ1) is 7.50. The predicted octanol–water partition coefficient (Wildman–Crippen LogP) is 1.65. The number of hydrogen-bond donors (Lipinski definition) is 1. The molecule has 0 aromatic heterocycles. The molecule has 3 heteroatoms. The summed E-state index contributed by atoms with van der Waals surface area (Å²) in [5.41, 5.74) is -0.0233. The fraction of sp³-hybridized carbons (Fsp3) is 1.00. The maximum absolute atomic E-state index is 9.79. The minimum absolute atomic E-state index is 0.0233. The maximum atomic E-state index is 9.79. The van der Waals surface area contributed by atoms with Gasteiger partial charge in [0.25, 0.3) is 0 Å². The van der Waals surface area contributed by atoms with Gasteiger partial charge in [-0.25, -0.2) is 0 Å². The Labute approximate surface area is 98.8 Å². The van der Waals surface area contributed by atoms with E-state index in [0.717, 1.165) is 19.7 Å². The van der Waals surface area contributed by atoms with E-state index in [2.05, 4.69) is 18.7 Å². The molecular weight excluding hydrogens is 202 g/mol. The minimum Gasteiger partial charge on any atom is -0.393 e. The topological polar surface area (TPSA) is 32.7 Å². The van der Waals surface area contributed by atoms with Gasteiger partial charge in [0, 0.05) is 24.5 Å². The Morgan fingerprint density at radius 3 is 2.88 bits per heavy atom. The highest BCUT2D eigenvalue weighted by Gasteiger charge is 2.38. The lowest BCUT2D eigenvalue weighted by atomic mass is 9.86. The van der Waals surface area contributed by atoms with E-state index in [4.69, 9.17) is 4.74 Å². The van der Waals surface area contributed by atoms with Gasteiger partial charge in [0.1, 0.15) is 0 Å². The van der Waals surface area contributed by atoms with Gasteiger partial charge in [-0.2, -0.15) is 0 Å². The summed E-state index contributed by atoms with van der Waals surface area (Å²) >= 11 is 0. The Morgan fingerprint density at radius 1 is 1.44 bits per heavy atom. The standard InChI is InChI=1S/C13H25NO2/c1-10(15)13(2,3)9-14-7-8-16-12-6-4-5-11(12)14/h10-12,15H,4-9H2,1-3H3. The van der Waals surface area contributed by atoms with Crippen LogP contribution in [0.5, 0.6) is 0 Å². The van der Waals surface area contributed by atoms with Crippen LogP contribution in [-0.2, 0) is 4.74 Å². The predicted molar refractivity (Wildman–Crippen MR) is 64.4 cm³/mol. The monoisotopic (exact) mass is 227 g/mol. The van der Waals surface area contributed by atoms with Gasteiger partial charge in [-0.15, -0.1) is 0 Å². The van der Waals surface area contributed by atoms with Crippen LogP contribution in [0, 0.1) is 5.41 Å². The van der Waals surface area contributed by atoms with Crippen molar-refractivity contribution in [1.82, 2.24) is 4.90 Å². The van der Waals surface area contributed by atoms with Gasteiger partial charge in [-0.1, -0.05) is 13.8 Å². The molecule has 2 fully saturated rings. The van der Waals surface area contributed by atoms with Crippen LogP contribution in [0.3, 0.4) is 0 Å². The average Bonchev–Trinajstić information content (AvgIpc) is 2.65. The maximum Gasteiger partial charge on any atom is 0.0730 e. The van der Waals surface area contributed by atoms with E-state index in [-0.39, 0.29) is 11.5 Å². The Bertz CT molecular complexity index is 240. The zero-order valence-electron chi connectivity index (χ0n) is 10.8. The van der Waals surface area contributed by atoms with Crippen LogP contribution < -0.4 is 0 Å². The molecule has 3 atom stereocenters. The van der Waals surface area contributed by atoms with Crippen molar-refractivity contribution in [3.8, 4) is 0 Å². The number of rotatable bonds is 3. The SMILES string of the molecule is CC(O)C(C)(C)CN1CCOC2CCCC21. The zero-order valence-corrected chi connectivity index (χ0v) is 10.8. The molecule has 94 valence electrons. The minimum atomic E-state index is -0.254. The van der Waals surface area contributed by atoms with E-state index in [1.54, 1.807) is 0 Å². The lowest BCUT2D eigenvalue weighted by molar-refractivity contribution is -0.0773. The molecule has 0 radical (unpaired) electrons. The number of aliphatic hydroxyl groups is 1. The summed E-state index contributed by atoms with van der Waals surface area (Å²) in [4.78, 5) is 2.54. The van der Waals surface area contributed by atoms with Crippen molar-refractivity contribution in [3.63, 3.8) is 0 Å². The molecule has 1 saturated heterocycles. The van der Waals surface area contributed by atoms with Crippen molar-refractivity contribution in [2.24, 2.45) is 5.41 Å². The van der Waals surface area contributed by atoms with Crippen LogP contribution in [0.25, 0.3) is 0 Å². The zero-order chi connectivity index (χ0) is 11.8. The molecule has 2 rings (SSSR count). The summed E-state index contributed by atoms with van der Waals surface area (Å²) in [6, 6.07) is 0.603. The highest BCUT2D eigenvalue weighted by atomic mass is 16.5. The third-order valence-electron chi connectivity index (χ3n) is 4.34. The van der Waals surface area contributed by atoms with Gasteiger partial charge in [-0.3, -0.25) is 4.90 Å². The van der Waals surface area contributed by atoms with Crippen LogP contribution in [0.4, 0.5) is 0 Å². The van der Waals surface area contributed by atoms with Crippen molar-refractivity contribution in [3.05, 3.63) is 0 Å². The molecule has 0 amide bonds. The fourth-order valence-electron chi connectivity index (χ4n) is 2.86. The molecule has 1 aliphatic carbocycles. The summed E-state index contributed by atoms with van der Waals surface area (Å²) in [6.07, 6.45) is 3.98. The second-order valence-corrected chi connectivity index (χ2v) is 6.04. The third kappa shape index (κ3) is 2.41. The highest BCUT2D eigenvalue weighted by Crippen LogP contribution is 2.32. The first-order valence-corrected chi connectivity index (χ1v) is 6.54. The Kier molecular flexibility index (Phi) is 3.57. The summed E-state index contributed by atoms with van der Waals surface area (Å²) in [6.45, 7) is 9.06. The van der Waals surface area contributed by atoms with Gasteiger partial charge in [0.2, 0.25) is 0 Å². The Morgan fingerprint density at radius 2 is 2.19 bits per heavy atom. The number of aliphatic hydroxyl groups excluding tert-OH is 1. The lowest BCUT2D eigenvalue weighted by Crippen LogP contribution is -2.53. The summed E-state index contributed by atoms with van der Waals surface area (Å²) in [7, 11) is 0. The Hall–Kier alpha value is -0.120. The number of morpholine rings is 1. The quantitative estimate of drug-likeness (QED) is 0.795. The molecule has 16 heavy (non-hydrogen) atoms. The average molecular weight is 227 g/mol. The summed E-state index contributed by atoms with van der Waals surface area (Å²) in [5.74, 6) is 0. The van der Waals surface area contributed by atoms with E-state index in [0.29, 0.717) is 12.1 Å². The number of nitrogens with zero attached hydrogens (tertiary/aromatic N) is 1. The molecule has 3 nitrogen and oxygen atoms in total. The second kappa shape index (κ2) is 4.63. The van der Waals surface area contributed by atoms with Crippen LogP contribution in [0.1, 0.15) is 40.0 Å². The van der Waals surface area contributed by atoms with E-state index in [1.165, 1.54) is 19.3 Å². The lowest BCUT2D eigenvalue weighted by Gasteiger charge is -2.42. The highest BCUT2D eigenvalue weighted by molar-refractivity contribution is 4.92. The van der Waals surface area contributed by atoms with E-state index < -0.39 is 0 Å². The third-order valence-corrected chi connectivity index (χ3v) is 4.34. The molecule has 1 N–H and O–H groups in total. The van der Waals surface area contributed by atoms with E-state index in [9.17, 15) is 5.11 Å². The molecule has 3 unspecified atom stereocenters. The number of fused-ring (bicyclic) bond motifs is 1. The molecule has 0 spiro atoms. The Balaban J connectivity index is 1.98. The van der Waals surface area contributed by atoms with Gasteiger partial charge < -0.3 is 9.84 Å². The van der Waals surface area contributed by atoms with Gasteiger partial charge in [-0.05, 0) is 26.2 Å². The number of ether oxygens (including phenoxy) is 1. The normalized spacial score (nSPS) is 33.8. The second-order valence-electron chi connectivity index (χ2n) is 6.04. The van der Waals surface area contributed by atoms with Gasteiger partial charge >= 0.3 is 0 Å². The van der Waals surface area contributed by atoms with Crippen LogP contribution in [0.2, 0.25) is 0 Å². The van der Waals surface area contributed by atoms with E-state index in [1.807, 2.05) is 6.92 Å². The van der Waals surface area contributed by atoms with Gasteiger partial charge in [0.15, 0.2) is 0 Å². The molecule has 0 bridgehead atoms. The van der Waals surface area contributed by atoms with Crippen molar-refractivity contribution in [1.29, 1.82) is 0 Å². The van der Waals surface area contributed by atoms with Crippen LogP contribution >= 0.6 is 0 Å². The molecule has 0 aromatic rings. The van der Waals surface area contributed by atoms with Crippen LogP contribution in [0.15, 0.2) is 0 Å². The summed E-state index contributed by atoms with van der Waals surface area (Å²) in [5, 5.41) is 9.79. The fourth-order valence-corrected chi connectivity index (χ4v) is 2.86. The largest absolute Gasteiger partial charge is 0.393 e. The molecule has 0 aromatic carbocycles. The molecule has 2 aliphatic rings. The first kappa shape index (κ1) is 12.3. The molecule has 1 aliphatic heterocycles. The van der Waals surface area contributed by atoms with Crippen molar-refractivity contribution in [2.45, 2.75) is 58.3 Å².